The Morgan fingerprint density at radius 1 is 1.08 bits per heavy atom. The molecule has 1 heterocycles. The van der Waals surface area contributed by atoms with Gasteiger partial charge in [0.2, 0.25) is 0 Å². The van der Waals surface area contributed by atoms with Crippen molar-refractivity contribution in [3.63, 3.8) is 0 Å². The third-order valence-corrected chi connectivity index (χ3v) is 4.56. The molecule has 0 spiro atoms. The Kier molecular flexibility index (Phi) is 3.62. The molecule has 0 unspecified atom stereocenters. The van der Waals surface area contributed by atoms with Gasteiger partial charge in [0.1, 0.15) is 6.07 Å². The number of nitriles is 1. The number of fused-ring (bicyclic) bond motifs is 1. The minimum Gasteiger partial charge on any atom is -0.366 e. The van der Waals surface area contributed by atoms with Crippen molar-refractivity contribution in [3.8, 4) is 17.2 Å². The Balaban J connectivity index is 1.89. The monoisotopic (exact) mass is 314 g/mol. The van der Waals surface area contributed by atoms with E-state index < -0.39 is 0 Å². The molecule has 2 aromatic carbocycles. The highest BCUT2D eigenvalue weighted by atomic mass is 15.2. The van der Waals surface area contributed by atoms with Gasteiger partial charge in [0.05, 0.1) is 11.2 Å². The molecule has 0 bridgehead atoms. The van der Waals surface area contributed by atoms with E-state index in [-0.39, 0.29) is 0 Å². The quantitative estimate of drug-likeness (QED) is 0.725. The maximum Gasteiger partial charge on any atom is 0.187 e. The Morgan fingerprint density at radius 2 is 1.88 bits per heavy atom. The molecule has 4 nitrogen and oxygen atoms in total. The van der Waals surface area contributed by atoms with Crippen LogP contribution in [-0.2, 0) is 0 Å². The summed E-state index contributed by atoms with van der Waals surface area (Å²) in [5, 5.41) is 19.0. The Hall–Kier alpha value is -2.93. The molecule has 4 rings (SSSR count). The molecule has 4 heteroatoms. The lowest BCUT2D eigenvalue weighted by Crippen LogP contribution is -2.26. The molecule has 24 heavy (non-hydrogen) atoms. The smallest absolute Gasteiger partial charge is 0.187 e. The second-order valence-corrected chi connectivity index (χ2v) is 6.12. The number of nitrogens with zero attached hydrogens (tertiary/aromatic N) is 4. The van der Waals surface area contributed by atoms with Crippen LogP contribution in [-0.4, -0.2) is 22.8 Å². The molecule has 0 radical (unpaired) electrons. The van der Waals surface area contributed by atoms with Gasteiger partial charge in [-0.2, -0.15) is 5.26 Å². The normalized spacial score (nSPS) is 13.7. The molecular formula is C20H18N4. The first-order valence-corrected chi connectivity index (χ1v) is 8.34. The van der Waals surface area contributed by atoms with Crippen molar-refractivity contribution < 1.29 is 0 Å². The van der Waals surface area contributed by atoms with Crippen molar-refractivity contribution in [3.05, 3.63) is 54.2 Å². The first-order chi connectivity index (χ1) is 11.8. The van der Waals surface area contributed by atoms with Crippen molar-refractivity contribution >= 4 is 16.6 Å². The molecule has 1 fully saturated rings. The predicted octanol–water partition coefficient (Wildman–Crippen LogP) is 4.16. The van der Waals surface area contributed by atoms with Crippen molar-refractivity contribution in [2.45, 2.75) is 25.8 Å². The first kappa shape index (κ1) is 14.6. The topological polar surface area (TPSA) is 52.8 Å². The van der Waals surface area contributed by atoms with Crippen LogP contribution in [0.4, 0.5) is 5.69 Å². The van der Waals surface area contributed by atoms with Crippen LogP contribution in [0.15, 0.2) is 48.5 Å². The zero-order valence-electron chi connectivity index (χ0n) is 13.6. The summed E-state index contributed by atoms with van der Waals surface area (Å²) in [5.74, 6) is 0. The van der Waals surface area contributed by atoms with E-state index in [2.05, 4.69) is 58.4 Å². The fourth-order valence-corrected chi connectivity index (χ4v) is 3.25. The van der Waals surface area contributed by atoms with E-state index in [1.54, 1.807) is 0 Å². The molecule has 0 amide bonds. The van der Waals surface area contributed by atoms with E-state index in [0.29, 0.717) is 11.7 Å². The molecule has 118 valence electrons. The Morgan fingerprint density at radius 3 is 2.54 bits per heavy atom. The van der Waals surface area contributed by atoms with Crippen LogP contribution in [0.5, 0.6) is 0 Å². The van der Waals surface area contributed by atoms with Gasteiger partial charge in [0, 0.05) is 18.0 Å². The van der Waals surface area contributed by atoms with Crippen LogP contribution < -0.4 is 4.90 Å². The number of rotatable bonds is 4. The second kappa shape index (κ2) is 5.93. The lowest BCUT2D eigenvalue weighted by molar-refractivity contribution is 0.821. The SMILES string of the molecule is CCN(c1c(C#N)nnc2cc(-c3ccccc3)ccc12)C1CC1. The van der Waals surface area contributed by atoms with Gasteiger partial charge in [-0.25, -0.2) is 0 Å². The highest BCUT2D eigenvalue weighted by Crippen LogP contribution is 2.37. The van der Waals surface area contributed by atoms with E-state index >= 15 is 0 Å². The van der Waals surface area contributed by atoms with Crippen LogP contribution in [0.25, 0.3) is 22.0 Å². The second-order valence-electron chi connectivity index (χ2n) is 6.12. The van der Waals surface area contributed by atoms with Crippen LogP contribution in [0.2, 0.25) is 0 Å². The molecular weight excluding hydrogens is 296 g/mol. The van der Waals surface area contributed by atoms with Crippen molar-refractivity contribution in [1.82, 2.24) is 10.2 Å². The summed E-state index contributed by atoms with van der Waals surface area (Å²) in [5.41, 5.74) is 4.46. The average molecular weight is 314 g/mol. The van der Waals surface area contributed by atoms with Gasteiger partial charge in [0.15, 0.2) is 5.69 Å². The van der Waals surface area contributed by atoms with Crippen LogP contribution in [0, 0.1) is 11.3 Å². The predicted molar refractivity (Wildman–Crippen MR) is 95.7 cm³/mol. The van der Waals surface area contributed by atoms with Crippen molar-refractivity contribution in [2.24, 2.45) is 0 Å². The van der Waals surface area contributed by atoms with Crippen LogP contribution >= 0.6 is 0 Å². The van der Waals surface area contributed by atoms with Crippen molar-refractivity contribution in [1.29, 1.82) is 5.26 Å². The Bertz CT molecular complexity index is 924. The van der Waals surface area contributed by atoms with Gasteiger partial charge in [-0.15, -0.1) is 10.2 Å². The number of benzene rings is 2. The van der Waals surface area contributed by atoms with Crippen molar-refractivity contribution in [2.75, 3.05) is 11.4 Å². The first-order valence-electron chi connectivity index (χ1n) is 8.34. The molecule has 1 aliphatic rings. The summed E-state index contributed by atoms with van der Waals surface area (Å²) < 4.78 is 0. The number of anilines is 1. The largest absolute Gasteiger partial charge is 0.366 e. The third-order valence-electron chi connectivity index (χ3n) is 4.56. The van der Waals surface area contributed by atoms with E-state index in [9.17, 15) is 5.26 Å². The van der Waals surface area contributed by atoms with E-state index in [0.717, 1.165) is 34.3 Å². The summed E-state index contributed by atoms with van der Waals surface area (Å²) in [6, 6.07) is 19.2. The Labute approximate surface area is 141 Å². The van der Waals surface area contributed by atoms with Gasteiger partial charge in [0.25, 0.3) is 0 Å². The molecule has 0 aliphatic heterocycles. The van der Waals surface area contributed by atoms with E-state index in [1.807, 2.05) is 18.2 Å². The molecule has 0 saturated heterocycles. The fraction of sp³-hybridized carbons (Fsp3) is 0.250. The maximum atomic E-state index is 9.48. The molecule has 1 saturated carbocycles. The molecule has 1 aromatic heterocycles. The summed E-state index contributed by atoms with van der Waals surface area (Å²) in [6.07, 6.45) is 2.37. The van der Waals surface area contributed by atoms with Gasteiger partial charge >= 0.3 is 0 Å². The zero-order chi connectivity index (χ0) is 16.5. The summed E-state index contributed by atoms with van der Waals surface area (Å²) in [6.45, 7) is 3.00. The minimum atomic E-state index is 0.420. The van der Waals surface area contributed by atoms with Crippen LogP contribution in [0.3, 0.4) is 0 Å². The molecule has 0 atom stereocenters. The highest BCUT2D eigenvalue weighted by Gasteiger charge is 2.31. The van der Waals surface area contributed by atoms with E-state index in [1.165, 1.54) is 12.8 Å². The van der Waals surface area contributed by atoms with Gasteiger partial charge in [-0.3, -0.25) is 0 Å². The standard InChI is InChI=1S/C20H18N4/c1-2-24(16-9-10-16)20-17-11-8-15(14-6-4-3-5-7-14)12-18(17)22-23-19(20)13-21/h3-8,11-12,16H,2,9-10H2,1H3. The third kappa shape index (κ3) is 2.48. The lowest BCUT2D eigenvalue weighted by atomic mass is 10.0. The number of hydrogen-bond acceptors (Lipinski definition) is 4. The highest BCUT2D eigenvalue weighted by molar-refractivity contribution is 5.96. The average Bonchev–Trinajstić information content (AvgIpc) is 3.48. The van der Waals surface area contributed by atoms with Gasteiger partial charge < -0.3 is 4.90 Å². The number of aromatic nitrogens is 2. The van der Waals surface area contributed by atoms with E-state index in [4.69, 9.17) is 0 Å². The van der Waals surface area contributed by atoms with Gasteiger partial charge in [-0.05, 0) is 43.0 Å². The molecule has 1 aliphatic carbocycles. The maximum absolute atomic E-state index is 9.48. The summed E-state index contributed by atoms with van der Waals surface area (Å²) >= 11 is 0. The number of hydrogen-bond donors (Lipinski definition) is 0. The molecule has 0 N–H and O–H groups in total. The lowest BCUT2D eigenvalue weighted by Gasteiger charge is -2.24. The zero-order valence-corrected chi connectivity index (χ0v) is 13.6. The van der Waals surface area contributed by atoms with Crippen LogP contribution in [0.1, 0.15) is 25.5 Å². The summed E-state index contributed by atoms with van der Waals surface area (Å²) in [7, 11) is 0. The molecule has 3 aromatic rings. The van der Waals surface area contributed by atoms with Gasteiger partial charge in [-0.1, -0.05) is 36.4 Å². The minimum absolute atomic E-state index is 0.420. The fourth-order valence-electron chi connectivity index (χ4n) is 3.25. The summed E-state index contributed by atoms with van der Waals surface area (Å²) in [4.78, 5) is 2.30.